The highest BCUT2D eigenvalue weighted by molar-refractivity contribution is 6.09. The number of nitrogens with zero attached hydrogens (tertiary/aromatic N) is 4. The minimum Gasteiger partial charge on any atom is -0.457 e. The van der Waals surface area contributed by atoms with Gasteiger partial charge in [0.1, 0.15) is 17.3 Å². The van der Waals surface area contributed by atoms with Crippen LogP contribution in [0.3, 0.4) is 0 Å². The van der Waals surface area contributed by atoms with Gasteiger partial charge in [0.05, 0.1) is 28.1 Å². The third-order valence-corrected chi connectivity index (χ3v) is 9.37. The maximum Gasteiger partial charge on any atom is 0.137 e. The van der Waals surface area contributed by atoms with Crippen molar-refractivity contribution < 1.29 is 4.74 Å². The molecule has 3 heterocycles. The van der Waals surface area contributed by atoms with E-state index in [9.17, 15) is 0 Å². The van der Waals surface area contributed by atoms with Crippen LogP contribution in [-0.2, 0) is 24.7 Å². The lowest BCUT2D eigenvalue weighted by atomic mass is 9.88. The van der Waals surface area contributed by atoms with Crippen LogP contribution in [0.4, 0.5) is 0 Å². The molecule has 7 aromatic rings. The fourth-order valence-electron chi connectivity index (χ4n) is 7.01. The smallest absolute Gasteiger partial charge is 0.137 e. The molecule has 5 nitrogen and oxygen atoms in total. The quantitative estimate of drug-likeness (QED) is 0.157. The van der Waals surface area contributed by atoms with Crippen LogP contribution in [0.25, 0.3) is 44.4 Å². The van der Waals surface area contributed by atoms with Crippen LogP contribution in [0.2, 0.25) is 0 Å². The van der Waals surface area contributed by atoms with Crippen molar-refractivity contribution in [2.45, 2.75) is 73.1 Å². The van der Waals surface area contributed by atoms with Crippen LogP contribution in [0.1, 0.15) is 71.0 Å². The third kappa shape index (κ3) is 6.26. The standard InChI is InChI=1S/C44H46N4O/c1-8-38-43(31-14-11-10-12-15-31)39(9-2)48(46-38)33-16-13-17-34(27-33)49-35-19-20-36-37-25-30(24-29(3)4)18-21-40(37)47(41(36)28-35)42-26-32(22-23-45-42)44(5,6)7/h10-23,25-29H,8-9,24H2,1-7H3. The van der Waals surface area contributed by atoms with E-state index in [4.69, 9.17) is 14.8 Å². The molecule has 0 aliphatic carbocycles. The Bertz CT molecular complexity index is 2270. The highest BCUT2D eigenvalue weighted by atomic mass is 16.5. The van der Waals surface area contributed by atoms with Crippen LogP contribution < -0.4 is 4.74 Å². The summed E-state index contributed by atoms with van der Waals surface area (Å²) < 4.78 is 11.0. The molecule has 0 radical (unpaired) electrons. The van der Waals surface area contributed by atoms with Crippen molar-refractivity contribution in [3.63, 3.8) is 0 Å². The minimum atomic E-state index is 0.00609. The Labute approximate surface area is 290 Å². The van der Waals surface area contributed by atoms with E-state index in [1.165, 1.54) is 38.7 Å². The Morgan fingerprint density at radius 1 is 0.735 bits per heavy atom. The normalized spacial score (nSPS) is 12.0. The molecule has 0 unspecified atom stereocenters. The molecule has 7 rings (SSSR count). The van der Waals surface area contributed by atoms with Gasteiger partial charge in [-0.25, -0.2) is 9.67 Å². The summed E-state index contributed by atoms with van der Waals surface area (Å²) in [6.45, 7) is 15.7. The number of aromatic nitrogens is 4. The Balaban J connectivity index is 1.32. The maximum atomic E-state index is 6.64. The van der Waals surface area contributed by atoms with E-state index in [-0.39, 0.29) is 5.41 Å². The van der Waals surface area contributed by atoms with Gasteiger partial charge in [-0.3, -0.25) is 4.57 Å². The highest BCUT2D eigenvalue weighted by Gasteiger charge is 2.20. The largest absolute Gasteiger partial charge is 0.457 e. The van der Waals surface area contributed by atoms with Crippen molar-refractivity contribution in [1.29, 1.82) is 0 Å². The average molecular weight is 647 g/mol. The van der Waals surface area contributed by atoms with Crippen LogP contribution in [0.5, 0.6) is 11.5 Å². The first-order chi connectivity index (χ1) is 23.6. The Morgan fingerprint density at radius 3 is 2.27 bits per heavy atom. The number of fused-ring (bicyclic) bond motifs is 3. The summed E-state index contributed by atoms with van der Waals surface area (Å²) in [7, 11) is 0. The summed E-state index contributed by atoms with van der Waals surface area (Å²) >= 11 is 0. The summed E-state index contributed by atoms with van der Waals surface area (Å²) in [4.78, 5) is 4.89. The first-order valence-corrected chi connectivity index (χ1v) is 17.6. The van der Waals surface area contributed by atoms with E-state index in [1.54, 1.807) is 0 Å². The van der Waals surface area contributed by atoms with Crippen LogP contribution in [-0.4, -0.2) is 19.3 Å². The van der Waals surface area contributed by atoms with Gasteiger partial charge < -0.3 is 4.74 Å². The Hall–Kier alpha value is -5.16. The molecule has 248 valence electrons. The molecule has 4 aromatic carbocycles. The second-order valence-corrected chi connectivity index (χ2v) is 14.5. The van der Waals surface area contributed by atoms with Gasteiger partial charge in [0.25, 0.3) is 0 Å². The highest BCUT2D eigenvalue weighted by Crippen LogP contribution is 2.37. The molecule has 0 N–H and O–H groups in total. The SMILES string of the molecule is CCc1nn(-c2cccc(Oc3ccc4c5cc(CC(C)C)ccc5n(-c5cc(C(C)(C)C)ccn5)c4c3)c2)c(CC)c1-c1ccccc1. The molecule has 3 aromatic heterocycles. The molecule has 49 heavy (non-hydrogen) atoms. The summed E-state index contributed by atoms with van der Waals surface area (Å²) in [5, 5.41) is 7.53. The van der Waals surface area contributed by atoms with Gasteiger partial charge in [0.2, 0.25) is 0 Å². The third-order valence-electron chi connectivity index (χ3n) is 9.37. The molecule has 5 heteroatoms. The molecule has 0 saturated carbocycles. The van der Waals surface area contributed by atoms with Crippen molar-refractivity contribution in [1.82, 2.24) is 19.3 Å². The summed E-state index contributed by atoms with van der Waals surface area (Å²) in [6, 6.07) is 36.5. The number of hydrogen-bond acceptors (Lipinski definition) is 3. The molecular formula is C44H46N4O. The number of pyridine rings is 1. The van der Waals surface area contributed by atoms with Gasteiger partial charge in [0, 0.05) is 34.7 Å². The monoisotopic (exact) mass is 646 g/mol. The molecule has 0 aliphatic rings. The van der Waals surface area contributed by atoms with E-state index in [2.05, 4.69) is 149 Å². The minimum absolute atomic E-state index is 0.00609. The Kier molecular flexibility index (Phi) is 8.62. The lowest BCUT2D eigenvalue weighted by molar-refractivity contribution is 0.482. The van der Waals surface area contributed by atoms with Crippen LogP contribution in [0, 0.1) is 5.92 Å². The molecule has 0 aliphatic heterocycles. The zero-order valence-electron chi connectivity index (χ0n) is 29.8. The van der Waals surface area contributed by atoms with E-state index in [1.807, 2.05) is 18.3 Å². The second-order valence-electron chi connectivity index (χ2n) is 14.5. The van der Waals surface area contributed by atoms with Crippen molar-refractivity contribution in [2.24, 2.45) is 5.92 Å². The summed E-state index contributed by atoms with van der Waals surface area (Å²) in [5.41, 5.74) is 10.6. The molecule has 0 bridgehead atoms. The van der Waals surface area contributed by atoms with Crippen LogP contribution in [0.15, 0.2) is 109 Å². The van der Waals surface area contributed by atoms with Crippen LogP contribution >= 0.6 is 0 Å². The zero-order chi connectivity index (χ0) is 34.3. The first kappa shape index (κ1) is 32.4. The molecule has 0 fully saturated rings. The fraction of sp³-hybridized carbons (Fsp3) is 0.273. The topological polar surface area (TPSA) is 44.9 Å². The van der Waals surface area contributed by atoms with Crippen molar-refractivity contribution in [2.75, 3.05) is 0 Å². The predicted molar refractivity (Wildman–Crippen MR) is 204 cm³/mol. The molecule has 0 saturated heterocycles. The van der Waals surface area contributed by atoms with Gasteiger partial charge >= 0.3 is 0 Å². The van der Waals surface area contributed by atoms with Gasteiger partial charge in [-0.15, -0.1) is 0 Å². The average Bonchev–Trinajstić information content (AvgIpc) is 3.63. The number of benzene rings is 4. The molecule has 0 spiro atoms. The zero-order valence-corrected chi connectivity index (χ0v) is 29.8. The number of hydrogen-bond donors (Lipinski definition) is 0. The summed E-state index contributed by atoms with van der Waals surface area (Å²) in [5.74, 6) is 3.04. The van der Waals surface area contributed by atoms with E-state index in [0.717, 1.165) is 59.0 Å². The van der Waals surface area contributed by atoms with E-state index < -0.39 is 0 Å². The lowest BCUT2D eigenvalue weighted by Crippen LogP contribution is -2.12. The first-order valence-electron chi connectivity index (χ1n) is 17.6. The number of aryl methyl sites for hydroxylation is 1. The van der Waals surface area contributed by atoms with Crippen molar-refractivity contribution in [3.8, 4) is 34.1 Å². The second kappa shape index (κ2) is 13.0. The van der Waals surface area contributed by atoms with E-state index >= 15 is 0 Å². The Morgan fingerprint density at radius 2 is 1.53 bits per heavy atom. The molecule has 0 atom stereocenters. The fourth-order valence-corrected chi connectivity index (χ4v) is 7.01. The summed E-state index contributed by atoms with van der Waals surface area (Å²) in [6.07, 6.45) is 4.70. The van der Waals surface area contributed by atoms with Crippen molar-refractivity contribution in [3.05, 3.63) is 132 Å². The van der Waals surface area contributed by atoms with Gasteiger partial charge in [-0.2, -0.15) is 5.10 Å². The molecule has 0 amide bonds. The molecular weight excluding hydrogens is 601 g/mol. The van der Waals surface area contributed by atoms with Gasteiger partial charge in [-0.05, 0) is 95.8 Å². The van der Waals surface area contributed by atoms with Gasteiger partial charge in [0.15, 0.2) is 0 Å². The number of ether oxygens (including phenoxy) is 1. The number of rotatable bonds is 9. The van der Waals surface area contributed by atoms with Crippen molar-refractivity contribution >= 4 is 21.8 Å². The van der Waals surface area contributed by atoms with Gasteiger partial charge in [-0.1, -0.05) is 90.9 Å². The maximum absolute atomic E-state index is 6.64. The lowest BCUT2D eigenvalue weighted by Gasteiger charge is -2.20. The predicted octanol–water partition coefficient (Wildman–Crippen LogP) is 11.4. The van der Waals surface area contributed by atoms with E-state index in [0.29, 0.717) is 5.92 Å².